The summed E-state index contributed by atoms with van der Waals surface area (Å²) in [7, 11) is -1.86. The number of sulfonamides is 1. The number of pyridine rings is 1. The summed E-state index contributed by atoms with van der Waals surface area (Å²) in [6, 6.07) is 3.59. The first kappa shape index (κ1) is 21.7. The van der Waals surface area contributed by atoms with Gasteiger partial charge in [0, 0.05) is 52.5 Å². The Morgan fingerprint density at radius 1 is 1.31 bits per heavy atom. The van der Waals surface area contributed by atoms with Gasteiger partial charge >= 0.3 is 0 Å². The van der Waals surface area contributed by atoms with Crippen molar-refractivity contribution in [3.8, 4) is 0 Å². The minimum absolute atomic E-state index is 0.0358. The number of methoxy groups -OCH3 is 1. The molecular weight excluding hydrogens is 396 g/mol. The van der Waals surface area contributed by atoms with Crippen LogP contribution in [0.2, 0.25) is 0 Å². The second-order valence-electron chi connectivity index (χ2n) is 7.49. The highest BCUT2D eigenvalue weighted by Crippen LogP contribution is 2.27. The van der Waals surface area contributed by atoms with Crippen LogP contribution in [0.4, 0.5) is 0 Å². The molecule has 29 heavy (non-hydrogen) atoms. The third-order valence-electron chi connectivity index (χ3n) is 5.52. The maximum Gasteiger partial charge on any atom is 0.231 e. The van der Waals surface area contributed by atoms with Crippen LogP contribution in [0.1, 0.15) is 36.9 Å². The average molecular weight is 425 g/mol. The molecule has 0 aliphatic carbocycles. The monoisotopic (exact) mass is 424 g/mol. The third-order valence-corrected chi connectivity index (χ3v) is 7.36. The van der Waals surface area contributed by atoms with Gasteiger partial charge in [0.2, 0.25) is 21.8 Å². The topological polar surface area (TPSA) is 109 Å². The van der Waals surface area contributed by atoms with Crippen molar-refractivity contribution in [3.05, 3.63) is 29.6 Å². The van der Waals surface area contributed by atoms with E-state index in [1.807, 2.05) is 6.07 Å². The van der Waals surface area contributed by atoms with Crippen LogP contribution < -0.4 is 5.32 Å². The van der Waals surface area contributed by atoms with Crippen molar-refractivity contribution in [1.29, 1.82) is 0 Å². The molecule has 1 N–H and O–H groups in total. The number of hydrogen-bond acceptors (Lipinski definition) is 6. The van der Waals surface area contributed by atoms with Crippen molar-refractivity contribution in [2.45, 2.75) is 38.3 Å². The predicted octanol–water partition coefficient (Wildman–Crippen LogP) is 0.0841. The number of nitrogens with zero attached hydrogens (tertiary/aromatic N) is 3. The number of hydrogen-bond donors (Lipinski definition) is 1. The van der Waals surface area contributed by atoms with Gasteiger partial charge in [0.1, 0.15) is 0 Å². The molecule has 10 heteroatoms. The van der Waals surface area contributed by atoms with Crippen LogP contribution in [-0.2, 0) is 30.9 Å². The third kappa shape index (κ3) is 5.12. The molecule has 2 aliphatic rings. The molecule has 2 aliphatic heterocycles. The van der Waals surface area contributed by atoms with E-state index in [9.17, 15) is 18.0 Å². The molecule has 0 radical (unpaired) electrons. The number of rotatable bonds is 6. The van der Waals surface area contributed by atoms with Gasteiger partial charge in [-0.05, 0) is 24.5 Å². The van der Waals surface area contributed by atoms with E-state index in [-0.39, 0.29) is 30.2 Å². The minimum Gasteiger partial charge on any atom is -0.384 e. The maximum absolute atomic E-state index is 13.0. The van der Waals surface area contributed by atoms with E-state index in [0.717, 1.165) is 5.56 Å². The summed E-state index contributed by atoms with van der Waals surface area (Å²) in [5.41, 5.74) is 1.59. The summed E-state index contributed by atoms with van der Waals surface area (Å²) in [5.74, 6) is -0.804. The molecule has 1 atom stereocenters. The molecule has 3 rings (SSSR count). The van der Waals surface area contributed by atoms with Crippen molar-refractivity contribution in [2.75, 3.05) is 39.1 Å². The summed E-state index contributed by atoms with van der Waals surface area (Å²) >= 11 is 0. The Balaban J connectivity index is 1.62. The maximum atomic E-state index is 13.0. The fourth-order valence-corrected chi connectivity index (χ4v) is 5.22. The second kappa shape index (κ2) is 9.19. The highest BCUT2D eigenvalue weighted by molar-refractivity contribution is 7.89. The van der Waals surface area contributed by atoms with Gasteiger partial charge in [-0.15, -0.1) is 0 Å². The Bertz CT molecular complexity index is 852. The van der Waals surface area contributed by atoms with Gasteiger partial charge in [0.05, 0.1) is 24.0 Å². The lowest BCUT2D eigenvalue weighted by Gasteiger charge is -2.35. The molecule has 9 nitrogen and oxygen atoms in total. The number of nitrogens with one attached hydrogen (secondary N) is 1. The zero-order valence-electron chi connectivity index (χ0n) is 16.8. The average Bonchev–Trinajstić information content (AvgIpc) is 2.71. The number of carbonyl (C=O) groups is 2. The molecule has 0 aromatic carbocycles. The summed E-state index contributed by atoms with van der Waals surface area (Å²) in [4.78, 5) is 30.9. The second-order valence-corrected chi connectivity index (χ2v) is 9.58. The van der Waals surface area contributed by atoms with Crippen LogP contribution in [0.3, 0.4) is 0 Å². The molecule has 1 unspecified atom stereocenters. The zero-order valence-corrected chi connectivity index (χ0v) is 17.7. The first-order chi connectivity index (χ1) is 13.8. The van der Waals surface area contributed by atoms with Crippen LogP contribution in [0.25, 0.3) is 0 Å². The van der Waals surface area contributed by atoms with E-state index in [1.165, 1.54) is 18.3 Å². The number of carbonyl (C=O) groups excluding carboxylic acids is 2. The van der Waals surface area contributed by atoms with E-state index < -0.39 is 15.9 Å². The molecule has 2 amide bonds. The summed E-state index contributed by atoms with van der Waals surface area (Å²) in [6.07, 6.45) is 2.76. The van der Waals surface area contributed by atoms with E-state index in [1.54, 1.807) is 17.2 Å². The van der Waals surface area contributed by atoms with Crippen LogP contribution in [-0.4, -0.2) is 79.6 Å². The highest BCUT2D eigenvalue weighted by Gasteiger charge is 2.35. The standard InChI is InChI=1S/C19H28N4O5S/c1-14(24)22-12-15-4-3-7-20-18(15)17(13-22)19(25)21-16-5-8-23(9-6-16)29(26,27)11-10-28-2/h3-4,7,16-17H,5-6,8-13H2,1-2H3,(H,21,25). The number of ether oxygens (including phenoxy) is 1. The molecule has 1 aromatic heterocycles. The molecule has 1 saturated heterocycles. The molecule has 1 fully saturated rings. The van der Waals surface area contributed by atoms with E-state index in [0.29, 0.717) is 44.7 Å². The highest BCUT2D eigenvalue weighted by atomic mass is 32.2. The lowest BCUT2D eigenvalue weighted by atomic mass is 9.93. The van der Waals surface area contributed by atoms with Gasteiger partial charge in [-0.2, -0.15) is 0 Å². The lowest BCUT2D eigenvalue weighted by molar-refractivity contribution is -0.131. The van der Waals surface area contributed by atoms with Crippen LogP contribution in [0.5, 0.6) is 0 Å². The Kier molecular flexibility index (Phi) is 6.86. The van der Waals surface area contributed by atoms with Gasteiger partial charge in [0.15, 0.2) is 0 Å². The SMILES string of the molecule is COCCS(=O)(=O)N1CCC(NC(=O)C2CN(C(C)=O)Cc3cccnc32)CC1. The fourth-order valence-electron chi connectivity index (χ4n) is 3.82. The summed E-state index contributed by atoms with van der Waals surface area (Å²) in [5, 5.41) is 3.04. The molecule has 0 saturated carbocycles. The van der Waals surface area contributed by atoms with Gasteiger partial charge in [-0.1, -0.05) is 6.07 Å². The largest absolute Gasteiger partial charge is 0.384 e. The lowest BCUT2D eigenvalue weighted by Crippen LogP contribution is -2.50. The Hall–Kier alpha value is -2.04. The smallest absolute Gasteiger partial charge is 0.231 e. The summed E-state index contributed by atoms with van der Waals surface area (Å²) < 4.78 is 30.9. The quantitative estimate of drug-likeness (QED) is 0.693. The number of piperidine rings is 1. The van der Waals surface area contributed by atoms with Crippen LogP contribution in [0.15, 0.2) is 18.3 Å². The van der Waals surface area contributed by atoms with Crippen molar-refractivity contribution >= 4 is 21.8 Å². The Labute approximate surface area is 171 Å². The molecule has 160 valence electrons. The molecule has 3 heterocycles. The minimum atomic E-state index is -3.33. The normalized spacial score (nSPS) is 20.9. The summed E-state index contributed by atoms with van der Waals surface area (Å²) in [6.45, 7) is 3.16. The Morgan fingerprint density at radius 3 is 2.69 bits per heavy atom. The first-order valence-electron chi connectivity index (χ1n) is 9.78. The molecule has 0 bridgehead atoms. The number of fused-ring (bicyclic) bond motifs is 1. The molecule has 0 spiro atoms. The van der Waals surface area contributed by atoms with E-state index in [2.05, 4.69) is 10.3 Å². The molecular formula is C19H28N4O5S. The van der Waals surface area contributed by atoms with Gasteiger partial charge < -0.3 is 15.0 Å². The van der Waals surface area contributed by atoms with Crippen molar-refractivity contribution in [3.63, 3.8) is 0 Å². The van der Waals surface area contributed by atoms with Crippen molar-refractivity contribution in [2.24, 2.45) is 0 Å². The van der Waals surface area contributed by atoms with Crippen LogP contribution in [0, 0.1) is 0 Å². The van der Waals surface area contributed by atoms with Gasteiger partial charge in [0.25, 0.3) is 0 Å². The first-order valence-corrected chi connectivity index (χ1v) is 11.4. The molecule has 1 aromatic rings. The van der Waals surface area contributed by atoms with Crippen molar-refractivity contribution in [1.82, 2.24) is 19.5 Å². The Morgan fingerprint density at radius 2 is 2.03 bits per heavy atom. The van der Waals surface area contributed by atoms with Gasteiger partial charge in [-0.3, -0.25) is 14.6 Å². The predicted molar refractivity (Wildman–Crippen MR) is 106 cm³/mol. The van der Waals surface area contributed by atoms with Crippen LogP contribution >= 0.6 is 0 Å². The van der Waals surface area contributed by atoms with Crippen molar-refractivity contribution < 1.29 is 22.7 Å². The number of amides is 2. The number of aromatic nitrogens is 1. The van der Waals surface area contributed by atoms with E-state index in [4.69, 9.17) is 4.74 Å². The van der Waals surface area contributed by atoms with Gasteiger partial charge in [-0.25, -0.2) is 12.7 Å². The fraction of sp³-hybridized carbons (Fsp3) is 0.632. The van der Waals surface area contributed by atoms with E-state index >= 15 is 0 Å². The zero-order chi connectivity index (χ0) is 21.0.